The standard InChI is InChI=1S/C16H23N3O3/c1-3-4-14(20)13-6-5-11-7-12-9-18(16(21)22)8-10(2)19(12)15(11)17-13/h5-6,10,12,14,20H,3-4,7-9H2,1-2H3,(H,21,22). The first-order chi connectivity index (χ1) is 10.5. The molecule has 1 aromatic heterocycles. The summed E-state index contributed by atoms with van der Waals surface area (Å²) in [5.41, 5.74) is 1.87. The van der Waals surface area contributed by atoms with Crippen LogP contribution >= 0.6 is 0 Å². The molecule has 22 heavy (non-hydrogen) atoms. The summed E-state index contributed by atoms with van der Waals surface area (Å²) in [6.07, 6.45) is 1.06. The van der Waals surface area contributed by atoms with Gasteiger partial charge in [-0.15, -0.1) is 0 Å². The SMILES string of the molecule is CCCC(O)c1ccc2c(n1)N1C(C)CN(C(=O)O)CC1C2. The van der Waals surface area contributed by atoms with E-state index in [1.165, 1.54) is 4.90 Å². The van der Waals surface area contributed by atoms with Gasteiger partial charge in [0.15, 0.2) is 0 Å². The maximum absolute atomic E-state index is 11.2. The van der Waals surface area contributed by atoms with Crippen LogP contribution in [0.3, 0.4) is 0 Å². The number of hydrogen-bond donors (Lipinski definition) is 2. The lowest BCUT2D eigenvalue weighted by molar-refractivity contribution is 0.128. The molecule has 1 fully saturated rings. The highest BCUT2D eigenvalue weighted by Crippen LogP contribution is 2.36. The van der Waals surface area contributed by atoms with Crippen molar-refractivity contribution in [2.24, 2.45) is 0 Å². The van der Waals surface area contributed by atoms with Crippen LogP contribution in [0, 0.1) is 0 Å². The molecule has 2 aliphatic heterocycles. The fourth-order valence-electron chi connectivity index (χ4n) is 3.62. The van der Waals surface area contributed by atoms with Gasteiger partial charge in [-0.2, -0.15) is 0 Å². The Balaban J connectivity index is 1.87. The molecule has 2 N–H and O–H groups in total. The number of aliphatic hydroxyl groups is 1. The first kappa shape index (κ1) is 15.1. The lowest BCUT2D eigenvalue weighted by Crippen LogP contribution is -2.58. The third-order valence-corrected chi connectivity index (χ3v) is 4.64. The average Bonchev–Trinajstić information content (AvgIpc) is 2.85. The highest BCUT2D eigenvalue weighted by Gasteiger charge is 2.40. The van der Waals surface area contributed by atoms with E-state index in [2.05, 4.69) is 9.88 Å². The fraction of sp³-hybridized carbons (Fsp3) is 0.625. The van der Waals surface area contributed by atoms with E-state index in [0.717, 1.165) is 24.2 Å². The Morgan fingerprint density at radius 2 is 2.23 bits per heavy atom. The lowest BCUT2D eigenvalue weighted by Gasteiger charge is -2.42. The van der Waals surface area contributed by atoms with Gasteiger partial charge in [-0.1, -0.05) is 19.4 Å². The predicted molar refractivity (Wildman–Crippen MR) is 83.1 cm³/mol. The van der Waals surface area contributed by atoms with Crippen LogP contribution < -0.4 is 4.90 Å². The molecule has 120 valence electrons. The van der Waals surface area contributed by atoms with E-state index < -0.39 is 12.2 Å². The van der Waals surface area contributed by atoms with Crippen LogP contribution in [0.15, 0.2) is 12.1 Å². The number of aromatic nitrogens is 1. The zero-order valence-corrected chi connectivity index (χ0v) is 13.1. The van der Waals surface area contributed by atoms with E-state index >= 15 is 0 Å². The van der Waals surface area contributed by atoms with Gasteiger partial charge in [-0.25, -0.2) is 9.78 Å². The van der Waals surface area contributed by atoms with E-state index in [1.807, 2.05) is 26.0 Å². The fourth-order valence-corrected chi connectivity index (χ4v) is 3.62. The number of amides is 1. The molecule has 0 radical (unpaired) electrons. The van der Waals surface area contributed by atoms with Crippen molar-refractivity contribution < 1.29 is 15.0 Å². The van der Waals surface area contributed by atoms with E-state index in [-0.39, 0.29) is 12.1 Å². The van der Waals surface area contributed by atoms with Gasteiger partial charge in [0.05, 0.1) is 17.8 Å². The number of aliphatic hydroxyl groups excluding tert-OH is 1. The van der Waals surface area contributed by atoms with Crippen molar-refractivity contribution in [3.8, 4) is 0 Å². The summed E-state index contributed by atoms with van der Waals surface area (Å²) in [6.45, 7) is 5.09. The Kier molecular flexibility index (Phi) is 3.95. The number of carbonyl (C=O) groups is 1. The third kappa shape index (κ3) is 2.52. The molecule has 6 heteroatoms. The Labute approximate surface area is 130 Å². The van der Waals surface area contributed by atoms with Gasteiger partial charge in [0.1, 0.15) is 5.82 Å². The second-order valence-corrected chi connectivity index (χ2v) is 6.33. The second-order valence-electron chi connectivity index (χ2n) is 6.33. The Hall–Kier alpha value is -1.82. The zero-order chi connectivity index (χ0) is 15.9. The number of fused-ring (bicyclic) bond motifs is 3. The van der Waals surface area contributed by atoms with E-state index in [9.17, 15) is 15.0 Å². The summed E-state index contributed by atoms with van der Waals surface area (Å²) in [7, 11) is 0. The molecule has 0 bridgehead atoms. The Bertz CT molecular complexity index is 578. The van der Waals surface area contributed by atoms with Gasteiger partial charge in [-0.05, 0) is 31.4 Å². The average molecular weight is 305 g/mol. The van der Waals surface area contributed by atoms with Crippen LogP contribution in [0.25, 0.3) is 0 Å². The number of piperazine rings is 1. The first-order valence-corrected chi connectivity index (χ1v) is 7.95. The molecule has 3 atom stereocenters. The molecule has 3 heterocycles. The molecule has 6 nitrogen and oxygen atoms in total. The smallest absolute Gasteiger partial charge is 0.407 e. The van der Waals surface area contributed by atoms with Gasteiger partial charge in [0.25, 0.3) is 0 Å². The van der Waals surface area contributed by atoms with Crippen molar-refractivity contribution in [2.75, 3.05) is 18.0 Å². The summed E-state index contributed by atoms with van der Waals surface area (Å²) < 4.78 is 0. The number of hydrogen-bond acceptors (Lipinski definition) is 4. The van der Waals surface area contributed by atoms with E-state index in [0.29, 0.717) is 25.2 Å². The van der Waals surface area contributed by atoms with Gasteiger partial charge < -0.3 is 20.0 Å². The molecule has 0 aliphatic carbocycles. The normalized spacial score (nSPS) is 24.9. The Morgan fingerprint density at radius 1 is 1.45 bits per heavy atom. The molecule has 2 aliphatic rings. The van der Waals surface area contributed by atoms with Gasteiger partial charge in [-0.3, -0.25) is 0 Å². The topological polar surface area (TPSA) is 76.9 Å². The summed E-state index contributed by atoms with van der Waals surface area (Å²) >= 11 is 0. The van der Waals surface area contributed by atoms with E-state index in [4.69, 9.17) is 0 Å². The molecule has 3 rings (SSSR count). The van der Waals surface area contributed by atoms with Crippen molar-refractivity contribution in [1.29, 1.82) is 0 Å². The summed E-state index contributed by atoms with van der Waals surface area (Å²) in [6, 6.07) is 4.19. The van der Waals surface area contributed by atoms with Crippen molar-refractivity contribution in [3.63, 3.8) is 0 Å². The monoisotopic (exact) mass is 305 g/mol. The first-order valence-electron chi connectivity index (χ1n) is 7.95. The predicted octanol–water partition coefficient (Wildman–Crippen LogP) is 2.03. The number of rotatable bonds is 3. The summed E-state index contributed by atoms with van der Waals surface area (Å²) in [5.74, 6) is 0.926. The van der Waals surface area contributed by atoms with Crippen LogP contribution in [0.5, 0.6) is 0 Å². The van der Waals surface area contributed by atoms with Crippen LogP contribution in [0.2, 0.25) is 0 Å². The van der Waals surface area contributed by atoms with Gasteiger partial charge in [0, 0.05) is 19.1 Å². The Morgan fingerprint density at radius 3 is 2.91 bits per heavy atom. The van der Waals surface area contributed by atoms with Crippen molar-refractivity contribution >= 4 is 11.9 Å². The molecule has 1 saturated heterocycles. The van der Waals surface area contributed by atoms with Crippen LogP contribution in [0.4, 0.5) is 10.6 Å². The van der Waals surface area contributed by atoms with E-state index in [1.54, 1.807) is 0 Å². The minimum absolute atomic E-state index is 0.0992. The lowest BCUT2D eigenvalue weighted by atomic mass is 10.1. The van der Waals surface area contributed by atoms with Crippen LogP contribution in [0.1, 0.15) is 44.1 Å². The van der Waals surface area contributed by atoms with Gasteiger partial charge >= 0.3 is 6.09 Å². The highest BCUT2D eigenvalue weighted by atomic mass is 16.4. The summed E-state index contributed by atoms with van der Waals surface area (Å²) in [4.78, 5) is 19.6. The molecule has 0 spiro atoms. The van der Waals surface area contributed by atoms with Crippen LogP contribution in [-0.4, -0.2) is 51.4 Å². The molecule has 1 aromatic rings. The second kappa shape index (κ2) is 5.76. The zero-order valence-electron chi connectivity index (χ0n) is 13.1. The number of carboxylic acid groups (broad SMARTS) is 1. The molecule has 0 saturated carbocycles. The molecular weight excluding hydrogens is 282 g/mol. The van der Waals surface area contributed by atoms with Crippen molar-refractivity contribution in [1.82, 2.24) is 9.88 Å². The minimum Gasteiger partial charge on any atom is -0.465 e. The van der Waals surface area contributed by atoms with Crippen molar-refractivity contribution in [2.45, 2.75) is 51.3 Å². The van der Waals surface area contributed by atoms with Gasteiger partial charge in [0.2, 0.25) is 0 Å². The minimum atomic E-state index is -0.852. The number of nitrogens with zero attached hydrogens (tertiary/aromatic N) is 3. The molecule has 0 aromatic carbocycles. The molecule has 3 unspecified atom stereocenters. The number of pyridine rings is 1. The molecular formula is C16H23N3O3. The summed E-state index contributed by atoms with van der Waals surface area (Å²) in [5, 5.41) is 19.4. The quantitative estimate of drug-likeness (QED) is 0.893. The largest absolute Gasteiger partial charge is 0.465 e. The maximum Gasteiger partial charge on any atom is 0.407 e. The highest BCUT2D eigenvalue weighted by molar-refractivity contribution is 5.67. The van der Waals surface area contributed by atoms with Crippen LogP contribution in [-0.2, 0) is 6.42 Å². The third-order valence-electron chi connectivity index (χ3n) is 4.64. The van der Waals surface area contributed by atoms with Crippen molar-refractivity contribution in [3.05, 3.63) is 23.4 Å². The number of anilines is 1. The molecule has 1 amide bonds. The maximum atomic E-state index is 11.2.